The molecule has 0 aromatic carbocycles. The SMILES string of the molecule is N#CC1CC1c1nc(CCO)no1. The van der Waals surface area contributed by atoms with Crippen molar-refractivity contribution in [1.29, 1.82) is 5.26 Å². The molecular weight excluding hydrogens is 170 g/mol. The molecule has 1 aliphatic carbocycles. The zero-order valence-corrected chi connectivity index (χ0v) is 6.97. The van der Waals surface area contributed by atoms with Crippen molar-refractivity contribution in [3.63, 3.8) is 0 Å². The number of nitrogens with zero attached hydrogens (tertiary/aromatic N) is 3. The third-order valence-corrected chi connectivity index (χ3v) is 2.09. The third kappa shape index (κ3) is 1.53. The Bertz CT molecular complexity index is 341. The van der Waals surface area contributed by atoms with Gasteiger partial charge in [-0.3, -0.25) is 0 Å². The van der Waals surface area contributed by atoms with Crippen LogP contribution in [-0.4, -0.2) is 21.9 Å². The van der Waals surface area contributed by atoms with Crippen LogP contribution >= 0.6 is 0 Å². The maximum absolute atomic E-state index is 8.61. The number of hydrogen-bond donors (Lipinski definition) is 1. The van der Waals surface area contributed by atoms with Crippen molar-refractivity contribution in [2.24, 2.45) is 5.92 Å². The fourth-order valence-electron chi connectivity index (χ4n) is 1.23. The Hall–Kier alpha value is -1.41. The summed E-state index contributed by atoms with van der Waals surface area (Å²) in [4.78, 5) is 4.07. The molecule has 1 aromatic rings. The molecule has 0 aliphatic heterocycles. The van der Waals surface area contributed by atoms with Crippen LogP contribution in [0.25, 0.3) is 0 Å². The molecule has 68 valence electrons. The molecule has 5 nitrogen and oxygen atoms in total. The molecule has 1 aliphatic rings. The monoisotopic (exact) mass is 179 g/mol. The van der Waals surface area contributed by atoms with Crippen molar-refractivity contribution in [1.82, 2.24) is 10.1 Å². The van der Waals surface area contributed by atoms with Gasteiger partial charge in [-0.1, -0.05) is 5.16 Å². The third-order valence-electron chi connectivity index (χ3n) is 2.09. The number of aliphatic hydroxyl groups is 1. The molecule has 1 saturated carbocycles. The second kappa shape index (κ2) is 3.15. The van der Waals surface area contributed by atoms with E-state index in [1.807, 2.05) is 0 Å². The van der Waals surface area contributed by atoms with Crippen molar-refractivity contribution < 1.29 is 9.63 Å². The van der Waals surface area contributed by atoms with Crippen LogP contribution < -0.4 is 0 Å². The molecule has 1 N–H and O–H groups in total. The van der Waals surface area contributed by atoms with Crippen LogP contribution in [0.3, 0.4) is 0 Å². The largest absolute Gasteiger partial charge is 0.396 e. The van der Waals surface area contributed by atoms with Gasteiger partial charge in [0.25, 0.3) is 0 Å². The van der Waals surface area contributed by atoms with Crippen LogP contribution in [0.5, 0.6) is 0 Å². The maximum Gasteiger partial charge on any atom is 0.231 e. The Morgan fingerprint density at radius 3 is 3.15 bits per heavy atom. The predicted molar refractivity (Wildman–Crippen MR) is 41.5 cm³/mol. The van der Waals surface area contributed by atoms with Crippen molar-refractivity contribution in [3.8, 4) is 6.07 Å². The van der Waals surface area contributed by atoms with E-state index in [1.54, 1.807) is 0 Å². The molecule has 0 bridgehead atoms. The van der Waals surface area contributed by atoms with E-state index in [2.05, 4.69) is 16.2 Å². The fraction of sp³-hybridized carbons (Fsp3) is 0.625. The van der Waals surface area contributed by atoms with E-state index in [-0.39, 0.29) is 18.4 Å². The highest BCUT2D eigenvalue weighted by atomic mass is 16.5. The molecule has 0 amide bonds. The minimum absolute atomic E-state index is 0.0192. The van der Waals surface area contributed by atoms with Gasteiger partial charge in [0.2, 0.25) is 5.89 Å². The first-order chi connectivity index (χ1) is 6.35. The van der Waals surface area contributed by atoms with Crippen LogP contribution in [0.1, 0.15) is 24.1 Å². The lowest BCUT2D eigenvalue weighted by Gasteiger charge is -1.83. The van der Waals surface area contributed by atoms with Gasteiger partial charge in [0, 0.05) is 6.42 Å². The van der Waals surface area contributed by atoms with Crippen LogP contribution in [0.15, 0.2) is 4.52 Å². The molecule has 2 rings (SSSR count). The lowest BCUT2D eigenvalue weighted by molar-refractivity contribution is 0.292. The average Bonchev–Trinajstić information content (AvgIpc) is 2.80. The standard InChI is InChI=1S/C8H9N3O2/c9-4-5-3-6(5)8-10-7(1-2-12)11-13-8/h5-6,12H,1-3H2. The Balaban J connectivity index is 2.03. The minimum atomic E-state index is 0.0192. The van der Waals surface area contributed by atoms with Crippen LogP contribution in [-0.2, 0) is 6.42 Å². The van der Waals surface area contributed by atoms with Crippen LogP contribution in [0, 0.1) is 17.2 Å². The normalized spacial score (nSPS) is 25.5. The summed E-state index contributed by atoms with van der Waals surface area (Å²) in [6, 6.07) is 2.15. The molecule has 0 radical (unpaired) electrons. The molecule has 1 fully saturated rings. The van der Waals surface area contributed by atoms with Gasteiger partial charge < -0.3 is 9.63 Å². The van der Waals surface area contributed by atoms with Crippen LogP contribution in [0.4, 0.5) is 0 Å². The van der Waals surface area contributed by atoms with E-state index in [1.165, 1.54) is 0 Å². The number of rotatable bonds is 3. The average molecular weight is 179 g/mol. The van der Waals surface area contributed by atoms with Crippen molar-refractivity contribution in [2.75, 3.05) is 6.61 Å². The van der Waals surface area contributed by atoms with Crippen molar-refractivity contribution in [3.05, 3.63) is 11.7 Å². The van der Waals surface area contributed by atoms with E-state index in [4.69, 9.17) is 14.9 Å². The predicted octanol–water partition coefficient (Wildman–Crippen LogP) is 0.231. The number of aromatic nitrogens is 2. The lowest BCUT2D eigenvalue weighted by Crippen LogP contribution is -1.92. The topological polar surface area (TPSA) is 82.9 Å². The summed E-state index contributed by atoms with van der Waals surface area (Å²) in [5.74, 6) is 1.23. The first-order valence-electron chi connectivity index (χ1n) is 4.18. The first kappa shape index (κ1) is 8.20. The number of hydrogen-bond acceptors (Lipinski definition) is 5. The molecule has 13 heavy (non-hydrogen) atoms. The van der Waals surface area contributed by atoms with Crippen molar-refractivity contribution >= 4 is 0 Å². The summed E-state index contributed by atoms with van der Waals surface area (Å²) in [5.41, 5.74) is 0. The van der Waals surface area contributed by atoms with E-state index in [0.29, 0.717) is 18.1 Å². The van der Waals surface area contributed by atoms with Gasteiger partial charge in [-0.05, 0) is 6.42 Å². The van der Waals surface area contributed by atoms with Gasteiger partial charge in [0.05, 0.1) is 24.5 Å². The zero-order valence-electron chi connectivity index (χ0n) is 6.97. The second-order valence-corrected chi connectivity index (χ2v) is 3.10. The second-order valence-electron chi connectivity index (χ2n) is 3.10. The van der Waals surface area contributed by atoms with Gasteiger partial charge in [0.15, 0.2) is 5.82 Å². The fourth-order valence-corrected chi connectivity index (χ4v) is 1.23. The summed E-state index contributed by atoms with van der Waals surface area (Å²) in [7, 11) is 0. The van der Waals surface area contributed by atoms with E-state index in [9.17, 15) is 0 Å². The Kier molecular flexibility index (Phi) is 1.99. The smallest absolute Gasteiger partial charge is 0.231 e. The Morgan fingerprint density at radius 2 is 2.54 bits per heavy atom. The molecule has 0 saturated heterocycles. The van der Waals surface area contributed by atoms with Gasteiger partial charge in [-0.25, -0.2) is 0 Å². The zero-order chi connectivity index (χ0) is 9.26. The molecule has 5 heteroatoms. The molecule has 1 heterocycles. The van der Waals surface area contributed by atoms with E-state index < -0.39 is 0 Å². The van der Waals surface area contributed by atoms with Gasteiger partial charge in [-0.15, -0.1) is 0 Å². The number of nitriles is 1. The number of aliphatic hydroxyl groups excluding tert-OH is 1. The Labute approximate surface area is 75.0 Å². The summed E-state index contributed by atoms with van der Waals surface area (Å²) < 4.78 is 4.95. The highest BCUT2D eigenvalue weighted by Crippen LogP contribution is 2.45. The van der Waals surface area contributed by atoms with E-state index >= 15 is 0 Å². The molecular formula is C8H9N3O2. The van der Waals surface area contributed by atoms with Gasteiger partial charge >= 0.3 is 0 Å². The summed E-state index contributed by atoms with van der Waals surface area (Å²) >= 11 is 0. The summed E-state index contributed by atoms with van der Waals surface area (Å²) in [6.45, 7) is 0.0192. The summed E-state index contributed by atoms with van der Waals surface area (Å²) in [5, 5.41) is 20.9. The van der Waals surface area contributed by atoms with E-state index in [0.717, 1.165) is 6.42 Å². The van der Waals surface area contributed by atoms with Crippen LogP contribution in [0.2, 0.25) is 0 Å². The maximum atomic E-state index is 8.61. The molecule has 0 spiro atoms. The summed E-state index contributed by atoms with van der Waals surface area (Å²) in [6.07, 6.45) is 1.23. The van der Waals surface area contributed by atoms with Crippen molar-refractivity contribution in [2.45, 2.75) is 18.8 Å². The highest BCUT2D eigenvalue weighted by Gasteiger charge is 2.43. The Morgan fingerprint density at radius 1 is 1.69 bits per heavy atom. The first-order valence-corrected chi connectivity index (χ1v) is 4.18. The molecule has 1 aromatic heterocycles. The van der Waals surface area contributed by atoms with Gasteiger partial charge in [0.1, 0.15) is 0 Å². The van der Waals surface area contributed by atoms with Gasteiger partial charge in [-0.2, -0.15) is 10.2 Å². The molecule has 2 atom stereocenters. The molecule has 2 unspecified atom stereocenters. The quantitative estimate of drug-likeness (QED) is 0.718. The lowest BCUT2D eigenvalue weighted by atomic mass is 10.3. The minimum Gasteiger partial charge on any atom is -0.396 e. The highest BCUT2D eigenvalue weighted by molar-refractivity contribution is 5.15.